The summed E-state index contributed by atoms with van der Waals surface area (Å²) in [6.07, 6.45) is 2.87. The number of rotatable bonds is 6. The number of benzene rings is 3. The van der Waals surface area contributed by atoms with E-state index in [9.17, 15) is 9.90 Å². The lowest BCUT2D eigenvalue weighted by Gasteiger charge is -2.27. The SMILES string of the molecule is [C-]#[N+]c1ccc2c(c1)CCCOc1cc(ccc1Cc1nc3c(OC)cc(C(=O)O)cc3n1C[C@@H]1CCO1)-c1cccc(n1)OC2. The van der Waals surface area contributed by atoms with Crippen molar-refractivity contribution in [2.45, 2.75) is 44.9 Å². The van der Waals surface area contributed by atoms with Gasteiger partial charge in [0.15, 0.2) is 5.69 Å². The van der Waals surface area contributed by atoms with Crippen molar-refractivity contribution in [2.75, 3.05) is 20.3 Å². The van der Waals surface area contributed by atoms with Crippen LogP contribution in [0.25, 0.3) is 27.1 Å². The van der Waals surface area contributed by atoms with Crippen LogP contribution in [-0.2, 0) is 30.7 Å². The third kappa shape index (κ3) is 5.85. The van der Waals surface area contributed by atoms with Crippen molar-refractivity contribution in [1.29, 1.82) is 0 Å². The van der Waals surface area contributed by atoms with Gasteiger partial charge in [-0.2, -0.15) is 0 Å². The number of hydrogen-bond acceptors (Lipinski definition) is 7. The zero-order valence-electron chi connectivity index (χ0n) is 25.4. The standard InChI is InChI=1S/C36H32N4O6/c1-37-27-11-10-25-21-46-34-7-3-6-29(38-34)23-8-9-24(31(17-23)45-13-4-5-22(25)15-27)19-33-39-35-30(40(33)20-28-12-14-44-28)16-26(36(41)42)18-32(35)43-2/h3,6-11,15-18,28H,4-5,12-14,19-21H2,2H3,(H,41,42)/t28-/m0/s1. The maximum atomic E-state index is 11.9. The predicted octanol–water partition coefficient (Wildman–Crippen LogP) is 6.64. The molecule has 0 amide bonds. The van der Waals surface area contributed by atoms with E-state index >= 15 is 0 Å². The molecule has 0 radical (unpaired) electrons. The lowest BCUT2D eigenvalue weighted by molar-refractivity contribution is -0.0589. The molecule has 3 aromatic carbocycles. The van der Waals surface area contributed by atoms with Crippen LogP contribution in [0.2, 0.25) is 0 Å². The van der Waals surface area contributed by atoms with Crippen molar-refractivity contribution in [3.05, 3.63) is 106 Å². The van der Waals surface area contributed by atoms with Crippen LogP contribution < -0.4 is 14.2 Å². The van der Waals surface area contributed by atoms with Crippen LogP contribution in [0.4, 0.5) is 5.69 Å². The fraction of sp³-hybridized carbons (Fsp3) is 0.278. The Balaban J connectivity index is 1.27. The van der Waals surface area contributed by atoms with Crippen LogP contribution in [-0.4, -0.2) is 52.0 Å². The molecule has 0 saturated carbocycles. The van der Waals surface area contributed by atoms with E-state index < -0.39 is 5.97 Å². The summed E-state index contributed by atoms with van der Waals surface area (Å²) in [5.74, 6) is 1.37. The molecule has 1 atom stereocenters. The highest BCUT2D eigenvalue weighted by molar-refractivity contribution is 5.95. The summed E-state index contributed by atoms with van der Waals surface area (Å²) >= 11 is 0. The Kier molecular flexibility index (Phi) is 7.99. The first-order valence-corrected chi connectivity index (χ1v) is 15.3. The van der Waals surface area contributed by atoms with Gasteiger partial charge in [0.2, 0.25) is 5.88 Å². The van der Waals surface area contributed by atoms with Gasteiger partial charge >= 0.3 is 5.97 Å². The molecule has 4 bridgehead atoms. The highest BCUT2D eigenvalue weighted by Gasteiger charge is 2.25. The van der Waals surface area contributed by atoms with E-state index in [1.54, 1.807) is 6.07 Å². The Morgan fingerprint density at radius 3 is 2.74 bits per heavy atom. The van der Waals surface area contributed by atoms with E-state index in [0.717, 1.165) is 58.8 Å². The summed E-state index contributed by atoms with van der Waals surface area (Å²) in [5.41, 5.74) is 6.69. The number of ether oxygens (including phenoxy) is 4. The van der Waals surface area contributed by atoms with Gasteiger partial charge in [0.05, 0.1) is 49.7 Å². The summed E-state index contributed by atoms with van der Waals surface area (Å²) in [6.45, 7) is 9.55. The number of aryl methyl sites for hydroxylation is 1. The second kappa shape index (κ2) is 12.5. The smallest absolute Gasteiger partial charge is 0.335 e. The fourth-order valence-corrected chi connectivity index (χ4v) is 5.96. The second-order valence-corrected chi connectivity index (χ2v) is 11.4. The average molecular weight is 617 g/mol. The van der Waals surface area contributed by atoms with Crippen molar-refractivity contribution in [2.24, 2.45) is 0 Å². The van der Waals surface area contributed by atoms with Crippen LogP contribution >= 0.6 is 0 Å². The topological polar surface area (TPSA) is 109 Å². The Bertz CT molecular complexity index is 1990. The number of fused-ring (bicyclic) bond motifs is 7. The van der Waals surface area contributed by atoms with Crippen molar-refractivity contribution >= 4 is 22.7 Å². The van der Waals surface area contributed by atoms with Gasteiger partial charge in [-0.1, -0.05) is 42.0 Å². The molecule has 1 fully saturated rings. The number of pyridine rings is 1. The Labute approximate surface area is 266 Å². The van der Waals surface area contributed by atoms with Crippen LogP contribution in [0.15, 0.2) is 66.7 Å². The molecule has 10 heteroatoms. The number of imidazole rings is 1. The van der Waals surface area contributed by atoms with E-state index in [-0.39, 0.29) is 11.7 Å². The Morgan fingerprint density at radius 1 is 1.07 bits per heavy atom. The zero-order chi connectivity index (χ0) is 31.6. The van der Waals surface area contributed by atoms with E-state index in [2.05, 4.69) is 4.85 Å². The average Bonchev–Trinajstić information content (AvgIpc) is 3.40. The van der Waals surface area contributed by atoms with Crippen molar-refractivity contribution in [3.63, 3.8) is 0 Å². The maximum absolute atomic E-state index is 11.9. The molecule has 0 spiro atoms. The monoisotopic (exact) mass is 616 g/mol. The molecule has 10 nitrogen and oxygen atoms in total. The van der Waals surface area contributed by atoms with Crippen LogP contribution in [0.5, 0.6) is 17.4 Å². The van der Waals surface area contributed by atoms with Gasteiger partial charge in [-0.25, -0.2) is 19.6 Å². The highest BCUT2D eigenvalue weighted by atomic mass is 16.5. The minimum Gasteiger partial charge on any atom is -0.494 e. The molecule has 232 valence electrons. The van der Waals surface area contributed by atoms with Crippen LogP contribution in [0.3, 0.4) is 0 Å². The Morgan fingerprint density at radius 2 is 1.96 bits per heavy atom. The second-order valence-electron chi connectivity index (χ2n) is 11.4. The highest BCUT2D eigenvalue weighted by Crippen LogP contribution is 2.34. The molecule has 7 rings (SSSR count). The largest absolute Gasteiger partial charge is 0.494 e. The van der Waals surface area contributed by atoms with Crippen LogP contribution in [0, 0.1) is 6.57 Å². The molecule has 2 aromatic heterocycles. The molecular formula is C36H32N4O6. The molecule has 5 aromatic rings. The van der Waals surface area contributed by atoms with E-state index in [4.69, 9.17) is 35.5 Å². The summed E-state index contributed by atoms with van der Waals surface area (Å²) in [5, 5.41) is 9.78. The van der Waals surface area contributed by atoms with Crippen molar-refractivity contribution < 1.29 is 28.8 Å². The van der Waals surface area contributed by atoms with Gasteiger partial charge in [-0.05, 0) is 49.1 Å². The molecule has 0 unspecified atom stereocenters. The van der Waals surface area contributed by atoms with Crippen molar-refractivity contribution in [1.82, 2.24) is 14.5 Å². The first-order valence-electron chi connectivity index (χ1n) is 15.3. The molecule has 0 aliphatic carbocycles. The minimum absolute atomic E-state index is 0.0269. The summed E-state index contributed by atoms with van der Waals surface area (Å²) in [4.78, 5) is 25.3. The zero-order valence-corrected chi connectivity index (χ0v) is 25.4. The summed E-state index contributed by atoms with van der Waals surface area (Å²) in [6, 6.07) is 20.6. The third-order valence-electron chi connectivity index (χ3n) is 8.52. The van der Waals surface area contributed by atoms with Crippen LogP contribution in [0.1, 0.15) is 45.7 Å². The fourth-order valence-electron chi connectivity index (χ4n) is 5.96. The first-order chi connectivity index (χ1) is 22.5. The lowest BCUT2D eigenvalue weighted by atomic mass is 10.0. The quantitative estimate of drug-likeness (QED) is 0.212. The number of methoxy groups -OCH3 is 1. The molecule has 4 heterocycles. The van der Waals surface area contributed by atoms with Gasteiger partial charge in [0.25, 0.3) is 0 Å². The molecular weight excluding hydrogens is 584 g/mol. The third-order valence-corrected chi connectivity index (χ3v) is 8.52. The number of carbonyl (C=O) groups is 1. The minimum atomic E-state index is -1.03. The molecule has 2 aliphatic heterocycles. The summed E-state index contributed by atoms with van der Waals surface area (Å²) in [7, 11) is 1.52. The predicted molar refractivity (Wildman–Crippen MR) is 171 cm³/mol. The van der Waals surface area contributed by atoms with E-state index in [1.165, 1.54) is 13.2 Å². The molecule has 1 N–H and O–H groups in total. The van der Waals surface area contributed by atoms with Gasteiger partial charge in [-0.15, -0.1) is 0 Å². The van der Waals surface area contributed by atoms with Gasteiger partial charge in [0.1, 0.15) is 29.4 Å². The number of hydrogen-bond donors (Lipinski definition) is 1. The van der Waals surface area contributed by atoms with Gasteiger partial charge < -0.3 is 28.6 Å². The lowest BCUT2D eigenvalue weighted by Crippen LogP contribution is -2.31. The number of nitrogens with zero attached hydrogens (tertiary/aromatic N) is 4. The van der Waals surface area contributed by atoms with Gasteiger partial charge in [0, 0.05) is 30.2 Å². The molecule has 2 aliphatic rings. The normalized spacial score (nSPS) is 15.8. The molecule has 1 saturated heterocycles. The first kappa shape index (κ1) is 29.3. The van der Waals surface area contributed by atoms with Crippen molar-refractivity contribution in [3.8, 4) is 28.6 Å². The number of aromatic nitrogens is 3. The number of carboxylic acids is 1. The Hall–Kier alpha value is -5.40. The summed E-state index contributed by atoms with van der Waals surface area (Å²) < 4.78 is 26.0. The number of carboxylic acid groups (broad SMARTS) is 1. The number of aromatic carboxylic acids is 1. The van der Waals surface area contributed by atoms with E-state index in [1.807, 2.05) is 59.2 Å². The molecule has 46 heavy (non-hydrogen) atoms. The van der Waals surface area contributed by atoms with Gasteiger partial charge in [-0.3, -0.25) is 0 Å². The van der Waals surface area contributed by atoms with E-state index in [0.29, 0.717) is 61.1 Å². The maximum Gasteiger partial charge on any atom is 0.335 e.